The van der Waals surface area contributed by atoms with Crippen LogP contribution in [-0.4, -0.2) is 35.0 Å². The van der Waals surface area contributed by atoms with Gasteiger partial charge in [0.05, 0.1) is 6.42 Å². The molecule has 1 amide bonds. The molecule has 2 fully saturated rings. The van der Waals surface area contributed by atoms with E-state index in [1.54, 1.807) is 0 Å². The highest BCUT2D eigenvalue weighted by molar-refractivity contribution is 5.84. The molecule has 0 aromatic heterocycles. The van der Waals surface area contributed by atoms with Crippen LogP contribution in [0.2, 0.25) is 0 Å². The van der Waals surface area contributed by atoms with Crippen LogP contribution in [0.4, 0.5) is 0 Å². The molecule has 3 aromatic rings. The van der Waals surface area contributed by atoms with Crippen molar-refractivity contribution in [2.75, 3.05) is 13.1 Å². The molecule has 2 atom stereocenters. The molecule has 1 aliphatic carbocycles. The van der Waals surface area contributed by atoms with Gasteiger partial charge in [-0.15, -0.1) is 0 Å². The minimum Gasteiger partial charge on any atom is -0.481 e. The molecule has 0 unspecified atom stereocenters. The smallest absolute Gasteiger partial charge is 0.307 e. The SMILES string of the molecule is Cc1cc(C)c(C(C)(C)CC(=O)N2C[C@H]3C[C@@]3(c3ccc4ccccc4c3)C2)c(CC(=O)O)c1. The second-order valence-corrected chi connectivity index (χ2v) is 11.1. The Balaban J connectivity index is 1.36. The van der Waals surface area contributed by atoms with E-state index in [4.69, 9.17) is 0 Å². The lowest BCUT2D eigenvalue weighted by Gasteiger charge is -2.32. The van der Waals surface area contributed by atoms with Crippen molar-refractivity contribution >= 4 is 22.6 Å². The predicted octanol–water partition coefficient (Wildman–Crippen LogP) is 5.55. The fourth-order valence-electron chi connectivity index (χ4n) is 6.52. The van der Waals surface area contributed by atoms with Gasteiger partial charge in [0.15, 0.2) is 0 Å². The van der Waals surface area contributed by atoms with E-state index in [0.29, 0.717) is 12.3 Å². The summed E-state index contributed by atoms with van der Waals surface area (Å²) in [5, 5.41) is 12.0. The maximum absolute atomic E-state index is 13.5. The predicted molar refractivity (Wildman–Crippen MR) is 135 cm³/mol. The molecule has 2 aliphatic rings. The first kappa shape index (κ1) is 22.6. The molecule has 3 aromatic carbocycles. The number of aliphatic carboxylic acids is 1. The maximum atomic E-state index is 13.5. The molecule has 1 saturated carbocycles. The number of hydrogen-bond donors (Lipinski definition) is 1. The van der Waals surface area contributed by atoms with Crippen molar-refractivity contribution in [2.45, 2.75) is 57.8 Å². The van der Waals surface area contributed by atoms with Gasteiger partial charge in [-0.05, 0) is 64.6 Å². The summed E-state index contributed by atoms with van der Waals surface area (Å²) in [5.41, 5.74) is 4.94. The number of piperidine rings is 1. The molecule has 0 spiro atoms. The Labute approximate surface area is 201 Å². The van der Waals surface area contributed by atoms with E-state index in [-0.39, 0.29) is 17.7 Å². The molecule has 0 bridgehead atoms. The summed E-state index contributed by atoms with van der Waals surface area (Å²) in [6.45, 7) is 9.76. The Bertz CT molecular complexity index is 1310. The van der Waals surface area contributed by atoms with Gasteiger partial charge >= 0.3 is 5.97 Å². The van der Waals surface area contributed by atoms with Gasteiger partial charge in [-0.1, -0.05) is 74.0 Å². The number of benzene rings is 3. The van der Waals surface area contributed by atoms with E-state index in [2.05, 4.69) is 62.4 Å². The number of fused-ring (bicyclic) bond motifs is 2. The lowest BCUT2D eigenvalue weighted by atomic mass is 9.75. The van der Waals surface area contributed by atoms with Crippen LogP contribution in [0.25, 0.3) is 10.8 Å². The van der Waals surface area contributed by atoms with Gasteiger partial charge in [-0.25, -0.2) is 0 Å². The van der Waals surface area contributed by atoms with Crippen molar-refractivity contribution in [3.63, 3.8) is 0 Å². The molecular formula is C30H33NO3. The number of carbonyl (C=O) groups is 2. The lowest BCUT2D eigenvalue weighted by molar-refractivity contribution is -0.136. The molecule has 1 heterocycles. The van der Waals surface area contributed by atoms with Crippen LogP contribution in [0.5, 0.6) is 0 Å². The number of likely N-dealkylation sites (tertiary alicyclic amines) is 1. The van der Waals surface area contributed by atoms with Gasteiger partial charge in [-0.3, -0.25) is 9.59 Å². The fourth-order valence-corrected chi connectivity index (χ4v) is 6.52. The fraction of sp³-hybridized carbons (Fsp3) is 0.400. The molecular weight excluding hydrogens is 422 g/mol. The van der Waals surface area contributed by atoms with E-state index in [0.717, 1.165) is 41.8 Å². The molecule has 1 N–H and O–H groups in total. The van der Waals surface area contributed by atoms with Crippen LogP contribution in [0.1, 0.15) is 54.5 Å². The third kappa shape index (κ3) is 3.89. The Morgan fingerprint density at radius 1 is 1.06 bits per heavy atom. The number of nitrogens with zero attached hydrogens (tertiary/aromatic N) is 1. The standard InChI is InChI=1S/C30H33NO3/c1-19-11-20(2)28(23(12-19)14-27(33)34)29(3,4)16-26(32)31-17-25-15-30(25,18-31)24-10-9-21-7-5-6-8-22(21)13-24/h5-13,25H,14-18H2,1-4H3,(H,33,34)/t25-,30+/m1/s1. The Hall–Kier alpha value is -3.14. The van der Waals surface area contributed by atoms with E-state index in [9.17, 15) is 14.7 Å². The van der Waals surface area contributed by atoms with Crippen molar-refractivity contribution in [1.82, 2.24) is 4.90 Å². The van der Waals surface area contributed by atoms with Gasteiger partial charge in [0, 0.05) is 24.9 Å². The zero-order chi connectivity index (χ0) is 24.3. The first-order valence-corrected chi connectivity index (χ1v) is 12.2. The van der Waals surface area contributed by atoms with Gasteiger partial charge in [0.25, 0.3) is 0 Å². The topological polar surface area (TPSA) is 57.6 Å². The second-order valence-electron chi connectivity index (χ2n) is 11.1. The summed E-state index contributed by atoms with van der Waals surface area (Å²) >= 11 is 0. The van der Waals surface area contributed by atoms with Crippen molar-refractivity contribution in [1.29, 1.82) is 0 Å². The largest absolute Gasteiger partial charge is 0.481 e. The average Bonchev–Trinajstić information content (AvgIpc) is 3.32. The van der Waals surface area contributed by atoms with Crippen LogP contribution in [0.15, 0.2) is 54.6 Å². The molecule has 176 valence electrons. The van der Waals surface area contributed by atoms with Crippen molar-refractivity contribution in [3.8, 4) is 0 Å². The first-order chi connectivity index (χ1) is 16.1. The number of hydrogen-bond acceptors (Lipinski definition) is 2. The summed E-state index contributed by atoms with van der Waals surface area (Å²) in [7, 11) is 0. The van der Waals surface area contributed by atoms with Crippen LogP contribution in [0.3, 0.4) is 0 Å². The summed E-state index contributed by atoms with van der Waals surface area (Å²) in [4.78, 5) is 27.1. The van der Waals surface area contributed by atoms with Gasteiger partial charge in [0.2, 0.25) is 5.91 Å². The van der Waals surface area contributed by atoms with Crippen LogP contribution in [0, 0.1) is 19.8 Å². The summed E-state index contributed by atoms with van der Waals surface area (Å²) < 4.78 is 0. The highest BCUT2D eigenvalue weighted by Crippen LogP contribution is 2.59. The third-order valence-corrected chi connectivity index (χ3v) is 8.00. The third-order valence-electron chi connectivity index (χ3n) is 8.00. The molecule has 1 saturated heterocycles. The first-order valence-electron chi connectivity index (χ1n) is 12.2. The molecule has 1 aliphatic heterocycles. The highest BCUT2D eigenvalue weighted by Gasteiger charge is 2.61. The number of aryl methyl sites for hydroxylation is 2. The monoisotopic (exact) mass is 455 g/mol. The van der Waals surface area contributed by atoms with Crippen molar-refractivity contribution in [3.05, 3.63) is 82.4 Å². The molecule has 34 heavy (non-hydrogen) atoms. The van der Waals surface area contributed by atoms with Crippen LogP contribution >= 0.6 is 0 Å². The van der Waals surface area contributed by atoms with Crippen molar-refractivity contribution < 1.29 is 14.7 Å². The van der Waals surface area contributed by atoms with E-state index >= 15 is 0 Å². The van der Waals surface area contributed by atoms with Gasteiger partial charge < -0.3 is 10.0 Å². The molecule has 5 rings (SSSR count). The van der Waals surface area contributed by atoms with Crippen LogP contribution in [-0.2, 0) is 26.8 Å². The maximum Gasteiger partial charge on any atom is 0.307 e. The zero-order valence-corrected chi connectivity index (χ0v) is 20.5. The Kier molecular flexibility index (Phi) is 5.31. The highest BCUT2D eigenvalue weighted by atomic mass is 16.4. The number of amides is 1. The number of carboxylic acid groups (broad SMARTS) is 1. The normalized spacial score (nSPS) is 21.5. The summed E-state index contributed by atoms with van der Waals surface area (Å²) in [5.74, 6) is -0.145. The molecule has 0 radical (unpaired) electrons. The molecule has 4 nitrogen and oxygen atoms in total. The minimum atomic E-state index is -0.842. The van der Waals surface area contributed by atoms with Crippen molar-refractivity contribution in [2.24, 2.45) is 5.92 Å². The minimum absolute atomic E-state index is 0.0215. The Morgan fingerprint density at radius 2 is 1.79 bits per heavy atom. The van der Waals surface area contributed by atoms with E-state index in [1.807, 2.05) is 24.8 Å². The number of rotatable bonds is 6. The van der Waals surface area contributed by atoms with E-state index < -0.39 is 11.4 Å². The average molecular weight is 456 g/mol. The quantitative estimate of drug-likeness (QED) is 0.530. The van der Waals surface area contributed by atoms with E-state index in [1.165, 1.54) is 16.3 Å². The second kappa shape index (κ2) is 7.97. The zero-order valence-electron chi connectivity index (χ0n) is 20.5. The van der Waals surface area contributed by atoms with Gasteiger partial charge in [0.1, 0.15) is 0 Å². The molecule has 4 heteroatoms. The Morgan fingerprint density at radius 3 is 2.53 bits per heavy atom. The summed E-state index contributed by atoms with van der Waals surface area (Å²) in [6, 6.07) is 19.2. The van der Waals surface area contributed by atoms with Crippen LogP contribution < -0.4 is 0 Å². The van der Waals surface area contributed by atoms with Gasteiger partial charge in [-0.2, -0.15) is 0 Å². The summed E-state index contributed by atoms with van der Waals surface area (Å²) in [6.07, 6.45) is 1.51. The number of carboxylic acids is 1. The number of carbonyl (C=O) groups excluding carboxylic acids is 1. The lowest BCUT2D eigenvalue weighted by Crippen LogP contribution is -2.37.